The second kappa shape index (κ2) is 5.73. The Morgan fingerprint density at radius 2 is 2.16 bits per heavy atom. The second-order valence-corrected chi connectivity index (χ2v) is 4.84. The van der Waals surface area contributed by atoms with Gasteiger partial charge in [-0.05, 0) is 13.0 Å². The number of nitrogens with one attached hydrogen (secondary N) is 1. The molecule has 0 radical (unpaired) electrons. The van der Waals surface area contributed by atoms with Crippen LogP contribution in [0.5, 0.6) is 0 Å². The first-order chi connectivity index (χ1) is 9.02. The molecule has 0 bridgehead atoms. The maximum atomic E-state index is 12.1. The molecule has 19 heavy (non-hydrogen) atoms. The van der Waals surface area contributed by atoms with E-state index in [9.17, 15) is 15.0 Å². The Bertz CT molecular complexity index is 473. The third-order valence-corrected chi connectivity index (χ3v) is 3.27. The SMILES string of the molecule is CCNc1ncc(C(=O)N2CC(O)C(O)C2)cc1Cl. The Labute approximate surface area is 116 Å². The Morgan fingerprint density at radius 1 is 1.53 bits per heavy atom. The lowest BCUT2D eigenvalue weighted by Gasteiger charge is -2.15. The van der Waals surface area contributed by atoms with Crippen LogP contribution >= 0.6 is 11.6 Å². The molecule has 1 amide bonds. The highest BCUT2D eigenvalue weighted by Crippen LogP contribution is 2.22. The lowest BCUT2D eigenvalue weighted by molar-refractivity contribution is 0.0572. The van der Waals surface area contributed by atoms with Gasteiger partial charge in [0.1, 0.15) is 5.82 Å². The van der Waals surface area contributed by atoms with E-state index in [1.54, 1.807) is 0 Å². The number of amides is 1. The van der Waals surface area contributed by atoms with Gasteiger partial charge in [-0.15, -0.1) is 0 Å². The maximum absolute atomic E-state index is 12.1. The van der Waals surface area contributed by atoms with Crippen molar-refractivity contribution in [3.63, 3.8) is 0 Å². The van der Waals surface area contributed by atoms with E-state index in [0.717, 1.165) is 0 Å². The molecule has 104 valence electrons. The Hall–Kier alpha value is -1.37. The molecule has 7 heteroatoms. The Kier molecular flexibility index (Phi) is 4.24. The van der Waals surface area contributed by atoms with Gasteiger partial charge < -0.3 is 20.4 Å². The molecule has 1 fully saturated rings. The molecule has 2 heterocycles. The van der Waals surface area contributed by atoms with Crippen molar-refractivity contribution in [3.8, 4) is 0 Å². The number of hydrogen-bond donors (Lipinski definition) is 3. The van der Waals surface area contributed by atoms with Gasteiger partial charge in [-0.1, -0.05) is 11.6 Å². The van der Waals surface area contributed by atoms with Crippen molar-refractivity contribution in [3.05, 3.63) is 22.8 Å². The molecule has 2 unspecified atom stereocenters. The predicted molar refractivity (Wildman–Crippen MR) is 71.3 cm³/mol. The maximum Gasteiger partial charge on any atom is 0.255 e. The van der Waals surface area contributed by atoms with Gasteiger partial charge >= 0.3 is 0 Å². The number of aromatic nitrogens is 1. The van der Waals surface area contributed by atoms with Gasteiger partial charge in [0.25, 0.3) is 5.91 Å². The number of rotatable bonds is 3. The van der Waals surface area contributed by atoms with Crippen molar-refractivity contribution in [1.29, 1.82) is 0 Å². The van der Waals surface area contributed by atoms with E-state index in [0.29, 0.717) is 22.9 Å². The van der Waals surface area contributed by atoms with Crippen molar-refractivity contribution in [2.45, 2.75) is 19.1 Å². The Morgan fingerprint density at radius 3 is 2.68 bits per heavy atom. The first kappa shape index (κ1) is 14.0. The lowest BCUT2D eigenvalue weighted by atomic mass is 10.2. The van der Waals surface area contributed by atoms with E-state index in [-0.39, 0.29) is 19.0 Å². The molecule has 0 aliphatic carbocycles. The van der Waals surface area contributed by atoms with E-state index in [2.05, 4.69) is 10.3 Å². The molecule has 2 atom stereocenters. The molecule has 2 rings (SSSR count). The fraction of sp³-hybridized carbons (Fsp3) is 0.500. The van der Waals surface area contributed by atoms with Crippen LogP contribution in [0.3, 0.4) is 0 Å². The topological polar surface area (TPSA) is 85.7 Å². The van der Waals surface area contributed by atoms with Crippen molar-refractivity contribution >= 4 is 23.3 Å². The van der Waals surface area contributed by atoms with E-state index < -0.39 is 12.2 Å². The normalized spacial score (nSPS) is 22.6. The molecular weight excluding hydrogens is 270 g/mol. The second-order valence-electron chi connectivity index (χ2n) is 4.43. The molecule has 1 aromatic heterocycles. The van der Waals surface area contributed by atoms with Crippen LogP contribution < -0.4 is 5.32 Å². The first-order valence-corrected chi connectivity index (χ1v) is 6.45. The Balaban J connectivity index is 2.14. The number of carbonyl (C=O) groups is 1. The van der Waals surface area contributed by atoms with E-state index >= 15 is 0 Å². The number of carbonyl (C=O) groups excluding carboxylic acids is 1. The van der Waals surface area contributed by atoms with Crippen LogP contribution in [-0.4, -0.2) is 57.8 Å². The van der Waals surface area contributed by atoms with Crippen molar-refractivity contribution in [2.75, 3.05) is 25.0 Å². The number of aliphatic hydroxyl groups excluding tert-OH is 2. The van der Waals surface area contributed by atoms with Crippen LogP contribution in [0.4, 0.5) is 5.82 Å². The smallest absolute Gasteiger partial charge is 0.255 e. The molecular formula is C12H16ClN3O3. The molecule has 1 aromatic rings. The van der Waals surface area contributed by atoms with E-state index in [1.165, 1.54) is 17.2 Å². The molecule has 1 saturated heterocycles. The summed E-state index contributed by atoms with van der Waals surface area (Å²) in [5, 5.41) is 22.2. The minimum Gasteiger partial charge on any atom is -0.388 e. The number of hydrogen-bond acceptors (Lipinski definition) is 5. The summed E-state index contributed by atoms with van der Waals surface area (Å²) < 4.78 is 0. The molecule has 1 aliphatic rings. The summed E-state index contributed by atoms with van der Waals surface area (Å²) in [4.78, 5) is 17.6. The molecule has 0 aromatic carbocycles. The zero-order valence-electron chi connectivity index (χ0n) is 10.5. The largest absolute Gasteiger partial charge is 0.388 e. The fourth-order valence-corrected chi connectivity index (χ4v) is 2.20. The summed E-state index contributed by atoms with van der Waals surface area (Å²) in [5.41, 5.74) is 0.341. The van der Waals surface area contributed by atoms with Gasteiger partial charge in [-0.25, -0.2) is 4.98 Å². The van der Waals surface area contributed by atoms with Crippen LogP contribution in [0.2, 0.25) is 5.02 Å². The minimum atomic E-state index is -0.895. The molecule has 6 nitrogen and oxygen atoms in total. The number of likely N-dealkylation sites (tertiary alicyclic amines) is 1. The number of β-amino-alcohol motifs (C(OH)–C–C–N with tert-alkyl or cyclic N) is 2. The van der Waals surface area contributed by atoms with Crippen LogP contribution in [0.15, 0.2) is 12.3 Å². The molecule has 0 spiro atoms. The average molecular weight is 286 g/mol. The quantitative estimate of drug-likeness (QED) is 0.746. The molecule has 0 saturated carbocycles. The first-order valence-electron chi connectivity index (χ1n) is 6.07. The van der Waals surface area contributed by atoms with Crippen LogP contribution in [-0.2, 0) is 0 Å². The van der Waals surface area contributed by atoms with Gasteiger partial charge in [-0.2, -0.15) is 0 Å². The summed E-state index contributed by atoms with van der Waals surface area (Å²) in [7, 11) is 0. The third-order valence-electron chi connectivity index (χ3n) is 2.98. The number of pyridine rings is 1. The number of anilines is 1. The standard InChI is InChI=1S/C12H16ClN3O3/c1-2-14-11-8(13)3-7(4-15-11)12(19)16-5-9(17)10(18)6-16/h3-4,9-10,17-18H,2,5-6H2,1H3,(H,14,15). The number of aliphatic hydroxyl groups is 2. The fourth-order valence-electron chi connectivity index (χ4n) is 1.97. The van der Waals surface area contributed by atoms with Crippen molar-refractivity contribution in [2.24, 2.45) is 0 Å². The van der Waals surface area contributed by atoms with Gasteiger partial charge in [-0.3, -0.25) is 4.79 Å². The van der Waals surface area contributed by atoms with Gasteiger partial charge in [0, 0.05) is 25.8 Å². The van der Waals surface area contributed by atoms with Gasteiger partial charge in [0.15, 0.2) is 0 Å². The highest BCUT2D eigenvalue weighted by atomic mass is 35.5. The van der Waals surface area contributed by atoms with Crippen molar-refractivity contribution < 1.29 is 15.0 Å². The van der Waals surface area contributed by atoms with Crippen LogP contribution in [0.25, 0.3) is 0 Å². The van der Waals surface area contributed by atoms with Crippen LogP contribution in [0, 0.1) is 0 Å². The number of nitrogens with zero attached hydrogens (tertiary/aromatic N) is 2. The third kappa shape index (κ3) is 2.97. The highest BCUT2D eigenvalue weighted by Gasteiger charge is 2.33. The van der Waals surface area contributed by atoms with Crippen LogP contribution in [0.1, 0.15) is 17.3 Å². The van der Waals surface area contributed by atoms with Gasteiger partial charge in [0.05, 0.1) is 22.8 Å². The zero-order chi connectivity index (χ0) is 14.0. The summed E-state index contributed by atoms with van der Waals surface area (Å²) in [6.45, 7) is 2.84. The van der Waals surface area contributed by atoms with E-state index in [4.69, 9.17) is 11.6 Å². The minimum absolute atomic E-state index is 0.118. The lowest BCUT2D eigenvalue weighted by Crippen LogP contribution is -2.30. The average Bonchev–Trinajstić information content (AvgIpc) is 2.71. The summed E-state index contributed by atoms with van der Waals surface area (Å²) in [5.74, 6) is 0.232. The zero-order valence-corrected chi connectivity index (χ0v) is 11.3. The summed E-state index contributed by atoms with van der Waals surface area (Å²) in [6.07, 6.45) is -0.356. The van der Waals surface area contributed by atoms with E-state index in [1.807, 2.05) is 6.92 Å². The predicted octanol–water partition coefficient (Wildman–Crippen LogP) is 0.344. The monoisotopic (exact) mass is 285 g/mol. The van der Waals surface area contributed by atoms with Crippen molar-refractivity contribution in [1.82, 2.24) is 9.88 Å². The summed E-state index contributed by atoms with van der Waals surface area (Å²) in [6, 6.07) is 1.53. The highest BCUT2D eigenvalue weighted by molar-refractivity contribution is 6.33. The number of halogens is 1. The summed E-state index contributed by atoms with van der Waals surface area (Å²) >= 11 is 6.02. The molecule has 1 aliphatic heterocycles. The van der Waals surface area contributed by atoms with Gasteiger partial charge in [0.2, 0.25) is 0 Å². The molecule has 3 N–H and O–H groups in total.